The van der Waals surface area contributed by atoms with Gasteiger partial charge in [0.05, 0.1) is 11.6 Å². The molecule has 0 saturated carbocycles. The molecule has 102 valence electrons. The molecule has 2 heterocycles. The molecule has 3 aromatic rings. The molecule has 5 heteroatoms. The molecule has 2 N–H and O–H groups in total. The Labute approximate surface area is 120 Å². The van der Waals surface area contributed by atoms with E-state index < -0.39 is 0 Å². The van der Waals surface area contributed by atoms with Gasteiger partial charge in [-0.3, -0.25) is 9.89 Å². The van der Waals surface area contributed by atoms with Gasteiger partial charge >= 0.3 is 0 Å². The van der Waals surface area contributed by atoms with Crippen LogP contribution in [0.25, 0.3) is 10.9 Å². The van der Waals surface area contributed by atoms with Crippen molar-refractivity contribution in [2.75, 3.05) is 0 Å². The lowest BCUT2D eigenvalue weighted by molar-refractivity contribution is 0.0937. The van der Waals surface area contributed by atoms with Crippen molar-refractivity contribution in [3.8, 4) is 0 Å². The molecule has 20 heavy (non-hydrogen) atoms. The number of para-hydroxylation sites is 1. The van der Waals surface area contributed by atoms with Crippen LogP contribution < -0.4 is 5.32 Å². The Morgan fingerprint density at radius 3 is 2.85 bits per heavy atom. The van der Waals surface area contributed by atoms with E-state index in [0.717, 1.165) is 15.8 Å². The van der Waals surface area contributed by atoms with Crippen LogP contribution in [0.4, 0.5) is 0 Å². The first-order valence-corrected chi connectivity index (χ1v) is 7.27. The van der Waals surface area contributed by atoms with Crippen LogP contribution in [0.2, 0.25) is 0 Å². The average molecular weight is 285 g/mol. The average Bonchev–Trinajstić information content (AvgIpc) is 3.04. The minimum Gasteiger partial charge on any atom is -0.343 e. The first-order chi connectivity index (χ1) is 9.65. The van der Waals surface area contributed by atoms with Crippen LogP contribution in [-0.4, -0.2) is 16.1 Å². The van der Waals surface area contributed by atoms with Crippen molar-refractivity contribution in [1.29, 1.82) is 0 Å². The summed E-state index contributed by atoms with van der Waals surface area (Å²) in [5.41, 5.74) is 1.32. The lowest BCUT2D eigenvalue weighted by Crippen LogP contribution is -2.26. The quantitative estimate of drug-likeness (QED) is 0.774. The van der Waals surface area contributed by atoms with E-state index in [1.54, 1.807) is 11.3 Å². The summed E-state index contributed by atoms with van der Waals surface area (Å²) in [4.78, 5) is 14.7. The minimum absolute atomic E-state index is 0.0170. The molecule has 0 fully saturated rings. The van der Waals surface area contributed by atoms with Crippen LogP contribution in [-0.2, 0) is 0 Å². The second-order valence-corrected chi connectivity index (χ2v) is 6.08. The fraction of sp³-hybridized carbons (Fsp3) is 0.200. The van der Waals surface area contributed by atoms with Gasteiger partial charge in [-0.1, -0.05) is 18.2 Å². The SMILES string of the molecule is Cc1ccc([C@H](C)NC(=O)c2n[nH]c3ccccc23)s1. The number of H-pyrrole nitrogens is 1. The largest absolute Gasteiger partial charge is 0.343 e. The third-order valence-electron chi connectivity index (χ3n) is 3.22. The number of nitrogens with zero attached hydrogens (tertiary/aromatic N) is 1. The molecule has 2 aromatic heterocycles. The summed E-state index contributed by atoms with van der Waals surface area (Å²) in [6.45, 7) is 4.04. The molecular formula is C15H15N3OS. The number of rotatable bonds is 3. The number of hydrogen-bond acceptors (Lipinski definition) is 3. The topological polar surface area (TPSA) is 57.8 Å². The van der Waals surface area contributed by atoms with Crippen LogP contribution in [0.5, 0.6) is 0 Å². The van der Waals surface area contributed by atoms with Gasteiger partial charge in [-0.25, -0.2) is 0 Å². The number of nitrogens with one attached hydrogen (secondary N) is 2. The lowest BCUT2D eigenvalue weighted by atomic mass is 10.2. The maximum absolute atomic E-state index is 12.3. The number of fused-ring (bicyclic) bond motifs is 1. The van der Waals surface area contributed by atoms with Crippen molar-refractivity contribution < 1.29 is 4.79 Å². The third-order valence-corrected chi connectivity index (χ3v) is 4.40. The van der Waals surface area contributed by atoms with Crippen molar-refractivity contribution in [2.45, 2.75) is 19.9 Å². The second-order valence-electron chi connectivity index (χ2n) is 4.76. The van der Waals surface area contributed by atoms with E-state index in [4.69, 9.17) is 0 Å². The lowest BCUT2D eigenvalue weighted by Gasteiger charge is -2.11. The van der Waals surface area contributed by atoms with Gasteiger partial charge in [0.25, 0.3) is 5.91 Å². The van der Waals surface area contributed by atoms with E-state index in [9.17, 15) is 4.79 Å². The van der Waals surface area contributed by atoms with Crippen LogP contribution in [0, 0.1) is 6.92 Å². The Morgan fingerprint density at radius 2 is 2.10 bits per heavy atom. The molecule has 0 aliphatic heterocycles. The van der Waals surface area contributed by atoms with Gasteiger partial charge in [-0.05, 0) is 32.0 Å². The van der Waals surface area contributed by atoms with Gasteiger partial charge < -0.3 is 5.32 Å². The van der Waals surface area contributed by atoms with Crippen molar-refractivity contribution in [1.82, 2.24) is 15.5 Å². The Kier molecular flexibility index (Phi) is 3.28. The zero-order valence-corrected chi connectivity index (χ0v) is 12.1. The summed E-state index contributed by atoms with van der Waals surface area (Å²) in [6.07, 6.45) is 0. The maximum Gasteiger partial charge on any atom is 0.272 e. The van der Waals surface area contributed by atoms with Crippen LogP contribution in [0.3, 0.4) is 0 Å². The number of aromatic nitrogens is 2. The summed E-state index contributed by atoms with van der Waals surface area (Å²) in [7, 11) is 0. The highest BCUT2D eigenvalue weighted by Crippen LogP contribution is 2.23. The predicted octanol–water partition coefficient (Wildman–Crippen LogP) is 3.42. The van der Waals surface area contributed by atoms with Crippen LogP contribution in [0.1, 0.15) is 33.2 Å². The molecular weight excluding hydrogens is 270 g/mol. The van der Waals surface area contributed by atoms with Crippen LogP contribution >= 0.6 is 11.3 Å². The van der Waals surface area contributed by atoms with Crippen molar-refractivity contribution >= 4 is 28.1 Å². The van der Waals surface area contributed by atoms with Gasteiger partial charge in [0.2, 0.25) is 0 Å². The number of hydrogen-bond donors (Lipinski definition) is 2. The number of aromatic amines is 1. The van der Waals surface area contributed by atoms with Crippen molar-refractivity contribution in [3.63, 3.8) is 0 Å². The molecule has 1 aromatic carbocycles. The fourth-order valence-corrected chi connectivity index (χ4v) is 3.04. The van der Waals surface area contributed by atoms with E-state index in [0.29, 0.717) is 5.69 Å². The van der Waals surface area contributed by atoms with Crippen molar-refractivity contribution in [2.24, 2.45) is 0 Å². The summed E-state index contributed by atoms with van der Waals surface area (Å²) in [5, 5.41) is 10.8. The Hall–Kier alpha value is -2.14. The standard InChI is InChI=1S/C15H15N3OS/c1-9-7-8-13(20-9)10(2)16-15(19)14-11-5-3-4-6-12(11)17-18-14/h3-8,10H,1-2H3,(H,16,19)(H,17,18)/t10-/m0/s1. The molecule has 0 bridgehead atoms. The Balaban J connectivity index is 1.82. The number of carbonyl (C=O) groups is 1. The van der Waals surface area contributed by atoms with Gasteiger partial charge in [-0.15, -0.1) is 11.3 Å². The maximum atomic E-state index is 12.3. The highest BCUT2D eigenvalue weighted by molar-refractivity contribution is 7.12. The smallest absolute Gasteiger partial charge is 0.272 e. The first kappa shape index (κ1) is 12.9. The van der Waals surface area contributed by atoms with Gasteiger partial charge in [0.15, 0.2) is 5.69 Å². The second kappa shape index (κ2) is 5.09. The molecule has 0 saturated heterocycles. The molecule has 0 unspecified atom stereocenters. The molecule has 1 amide bonds. The minimum atomic E-state index is -0.152. The molecule has 1 atom stereocenters. The van der Waals surface area contributed by atoms with Gasteiger partial charge in [0, 0.05) is 15.1 Å². The highest BCUT2D eigenvalue weighted by Gasteiger charge is 2.17. The predicted molar refractivity (Wildman–Crippen MR) is 81.0 cm³/mol. The first-order valence-electron chi connectivity index (χ1n) is 6.45. The third kappa shape index (κ3) is 2.32. The van der Waals surface area contributed by atoms with Gasteiger partial charge in [0.1, 0.15) is 0 Å². The highest BCUT2D eigenvalue weighted by atomic mass is 32.1. The number of amides is 1. The Bertz CT molecular complexity index is 759. The summed E-state index contributed by atoms with van der Waals surface area (Å²) >= 11 is 1.70. The molecule has 0 aliphatic carbocycles. The van der Waals surface area contributed by atoms with E-state index in [2.05, 4.69) is 28.5 Å². The summed E-state index contributed by atoms with van der Waals surface area (Å²) in [6, 6.07) is 11.7. The van der Waals surface area contributed by atoms with Crippen LogP contribution in [0.15, 0.2) is 36.4 Å². The molecule has 3 rings (SSSR count). The molecule has 0 radical (unpaired) electrons. The number of aryl methyl sites for hydroxylation is 1. The zero-order chi connectivity index (χ0) is 14.1. The molecule has 0 aliphatic rings. The van der Waals surface area contributed by atoms with E-state index in [1.165, 1.54) is 4.88 Å². The number of benzene rings is 1. The van der Waals surface area contributed by atoms with E-state index in [1.807, 2.05) is 37.3 Å². The fourth-order valence-electron chi connectivity index (χ4n) is 2.16. The van der Waals surface area contributed by atoms with Crippen molar-refractivity contribution in [3.05, 3.63) is 51.8 Å². The van der Waals surface area contributed by atoms with E-state index >= 15 is 0 Å². The monoisotopic (exact) mass is 285 g/mol. The number of carbonyl (C=O) groups excluding carboxylic acids is 1. The summed E-state index contributed by atoms with van der Waals surface area (Å²) in [5.74, 6) is -0.152. The summed E-state index contributed by atoms with van der Waals surface area (Å²) < 4.78 is 0. The zero-order valence-electron chi connectivity index (χ0n) is 11.3. The number of thiophene rings is 1. The van der Waals surface area contributed by atoms with Gasteiger partial charge in [-0.2, -0.15) is 5.10 Å². The molecule has 0 spiro atoms. The normalized spacial score (nSPS) is 12.5. The Morgan fingerprint density at radius 1 is 1.30 bits per heavy atom. The van der Waals surface area contributed by atoms with E-state index in [-0.39, 0.29) is 11.9 Å². The molecule has 4 nitrogen and oxygen atoms in total.